The summed E-state index contributed by atoms with van der Waals surface area (Å²) in [6.45, 7) is 0. The van der Waals surface area contributed by atoms with Crippen LogP contribution in [0.25, 0.3) is 6.08 Å². The predicted octanol–water partition coefficient (Wildman–Crippen LogP) is 4.36. The number of hydrogen-bond donors (Lipinski definition) is 0. The van der Waals surface area contributed by atoms with Crippen molar-refractivity contribution in [3.8, 4) is 0 Å². The first-order chi connectivity index (χ1) is 11.4. The average Bonchev–Trinajstić information content (AvgIpc) is 2.87. The molecule has 0 bridgehead atoms. The minimum absolute atomic E-state index is 0.0149. The fourth-order valence-electron chi connectivity index (χ4n) is 2.07. The number of cyclic esters (lactones) is 1. The van der Waals surface area contributed by atoms with Gasteiger partial charge in [-0.1, -0.05) is 39.7 Å². The standard InChI is InChI=1S/C16H8BrClN2O4/c17-10-3-1-2-9(6-10)7-14-16(21)24-15(19-14)12-5-4-11(20(22)23)8-13(12)18/h1-8H. The van der Waals surface area contributed by atoms with Crippen molar-refractivity contribution < 1.29 is 14.5 Å². The van der Waals surface area contributed by atoms with Crippen LogP contribution in [0.5, 0.6) is 0 Å². The fourth-order valence-corrected chi connectivity index (χ4v) is 2.74. The van der Waals surface area contributed by atoms with Gasteiger partial charge in [-0.15, -0.1) is 0 Å². The molecular formula is C16H8BrClN2O4. The Labute approximate surface area is 149 Å². The van der Waals surface area contributed by atoms with Gasteiger partial charge in [0.25, 0.3) is 5.69 Å². The number of hydrogen-bond acceptors (Lipinski definition) is 5. The van der Waals surface area contributed by atoms with Crippen LogP contribution in [0.4, 0.5) is 5.69 Å². The molecule has 1 aliphatic heterocycles. The van der Waals surface area contributed by atoms with Gasteiger partial charge in [0.15, 0.2) is 5.70 Å². The van der Waals surface area contributed by atoms with Crippen LogP contribution in [-0.4, -0.2) is 16.8 Å². The maximum atomic E-state index is 12.0. The maximum absolute atomic E-state index is 12.0. The monoisotopic (exact) mass is 406 g/mol. The SMILES string of the molecule is O=C1OC(c2ccc([N+](=O)[O-])cc2Cl)=NC1=Cc1cccc(Br)c1. The molecule has 0 spiro atoms. The zero-order chi connectivity index (χ0) is 17.3. The van der Waals surface area contributed by atoms with E-state index in [0.29, 0.717) is 5.56 Å². The third-order valence-electron chi connectivity index (χ3n) is 3.17. The van der Waals surface area contributed by atoms with E-state index in [9.17, 15) is 14.9 Å². The molecule has 0 aliphatic carbocycles. The quantitative estimate of drug-likeness (QED) is 0.328. The first kappa shape index (κ1) is 16.4. The molecule has 0 saturated carbocycles. The summed E-state index contributed by atoms with van der Waals surface area (Å²) in [6, 6.07) is 11.2. The third kappa shape index (κ3) is 3.37. The number of carbonyl (C=O) groups excluding carboxylic acids is 1. The largest absolute Gasteiger partial charge is 0.402 e. The van der Waals surface area contributed by atoms with E-state index in [1.165, 1.54) is 18.2 Å². The predicted molar refractivity (Wildman–Crippen MR) is 92.9 cm³/mol. The summed E-state index contributed by atoms with van der Waals surface area (Å²) in [4.78, 5) is 26.3. The van der Waals surface area contributed by atoms with E-state index in [-0.39, 0.29) is 22.3 Å². The fraction of sp³-hybridized carbons (Fsp3) is 0. The lowest BCUT2D eigenvalue weighted by Crippen LogP contribution is -2.06. The summed E-state index contributed by atoms with van der Waals surface area (Å²) in [5, 5.41) is 10.8. The Hall–Kier alpha value is -2.51. The number of aliphatic imine (C=N–C) groups is 1. The van der Waals surface area contributed by atoms with Crippen molar-refractivity contribution in [1.29, 1.82) is 0 Å². The highest BCUT2D eigenvalue weighted by Gasteiger charge is 2.26. The van der Waals surface area contributed by atoms with Crippen molar-refractivity contribution in [3.05, 3.63) is 78.9 Å². The van der Waals surface area contributed by atoms with Crippen molar-refractivity contribution in [3.63, 3.8) is 0 Å². The summed E-state index contributed by atoms with van der Waals surface area (Å²) < 4.78 is 5.99. The summed E-state index contributed by atoms with van der Waals surface area (Å²) >= 11 is 9.38. The Morgan fingerprint density at radius 2 is 2.04 bits per heavy atom. The number of rotatable bonds is 3. The lowest BCUT2D eigenvalue weighted by atomic mass is 10.2. The maximum Gasteiger partial charge on any atom is 0.363 e. The number of ether oxygens (including phenoxy) is 1. The van der Waals surface area contributed by atoms with Gasteiger partial charge in [0.1, 0.15) is 0 Å². The second-order valence-electron chi connectivity index (χ2n) is 4.81. The Morgan fingerprint density at radius 3 is 2.71 bits per heavy atom. The first-order valence-electron chi connectivity index (χ1n) is 6.66. The highest BCUT2D eigenvalue weighted by molar-refractivity contribution is 9.10. The van der Waals surface area contributed by atoms with Gasteiger partial charge in [-0.25, -0.2) is 9.79 Å². The van der Waals surface area contributed by atoms with Gasteiger partial charge < -0.3 is 4.74 Å². The normalized spacial score (nSPS) is 15.3. The van der Waals surface area contributed by atoms with Crippen molar-refractivity contribution in [2.24, 2.45) is 4.99 Å². The van der Waals surface area contributed by atoms with E-state index in [0.717, 1.165) is 10.0 Å². The molecule has 6 nitrogen and oxygen atoms in total. The van der Waals surface area contributed by atoms with Gasteiger partial charge in [-0.2, -0.15) is 0 Å². The molecule has 0 N–H and O–H groups in total. The van der Waals surface area contributed by atoms with Crippen LogP contribution in [0, 0.1) is 10.1 Å². The third-order valence-corrected chi connectivity index (χ3v) is 3.97. The topological polar surface area (TPSA) is 81.8 Å². The molecule has 1 aliphatic rings. The lowest BCUT2D eigenvalue weighted by Gasteiger charge is -2.02. The van der Waals surface area contributed by atoms with E-state index in [4.69, 9.17) is 16.3 Å². The van der Waals surface area contributed by atoms with Crippen molar-refractivity contribution in [2.45, 2.75) is 0 Å². The Balaban J connectivity index is 1.96. The van der Waals surface area contributed by atoms with Gasteiger partial charge in [-0.05, 0) is 29.8 Å². The molecule has 0 radical (unpaired) electrons. The number of nitrogens with zero attached hydrogens (tertiary/aromatic N) is 2. The average molecular weight is 408 g/mol. The number of benzene rings is 2. The minimum Gasteiger partial charge on any atom is -0.402 e. The van der Waals surface area contributed by atoms with Crippen LogP contribution >= 0.6 is 27.5 Å². The van der Waals surface area contributed by atoms with Gasteiger partial charge >= 0.3 is 5.97 Å². The molecule has 0 atom stereocenters. The van der Waals surface area contributed by atoms with Gasteiger partial charge in [0.2, 0.25) is 5.90 Å². The number of nitro groups is 1. The summed E-state index contributed by atoms with van der Waals surface area (Å²) in [5.74, 6) is -0.597. The Bertz CT molecular complexity index is 924. The van der Waals surface area contributed by atoms with Crippen LogP contribution in [-0.2, 0) is 9.53 Å². The van der Waals surface area contributed by atoms with E-state index in [2.05, 4.69) is 20.9 Å². The van der Waals surface area contributed by atoms with Gasteiger partial charge in [0, 0.05) is 16.6 Å². The molecular weight excluding hydrogens is 400 g/mol. The number of nitro benzene ring substituents is 1. The molecule has 1 heterocycles. The molecule has 3 rings (SSSR count). The zero-order valence-corrected chi connectivity index (χ0v) is 14.2. The molecule has 0 amide bonds. The second kappa shape index (κ2) is 6.54. The molecule has 0 unspecified atom stereocenters. The van der Waals surface area contributed by atoms with Crippen LogP contribution in [0.15, 0.2) is 57.6 Å². The molecule has 0 aromatic heterocycles. The lowest BCUT2D eigenvalue weighted by molar-refractivity contribution is -0.384. The zero-order valence-electron chi connectivity index (χ0n) is 11.9. The molecule has 0 saturated heterocycles. The summed E-state index contributed by atoms with van der Waals surface area (Å²) in [6.07, 6.45) is 1.58. The number of non-ortho nitro benzene ring substituents is 1. The minimum atomic E-state index is -0.612. The molecule has 0 fully saturated rings. The van der Waals surface area contributed by atoms with Crippen molar-refractivity contribution in [2.75, 3.05) is 0 Å². The molecule has 24 heavy (non-hydrogen) atoms. The highest BCUT2D eigenvalue weighted by Crippen LogP contribution is 2.27. The highest BCUT2D eigenvalue weighted by atomic mass is 79.9. The second-order valence-corrected chi connectivity index (χ2v) is 6.14. The van der Waals surface area contributed by atoms with E-state index in [1.807, 2.05) is 24.3 Å². The van der Waals surface area contributed by atoms with Crippen LogP contribution in [0.1, 0.15) is 11.1 Å². The van der Waals surface area contributed by atoms with E-state index >= 15 is 0 Å². The van der Waals surface area contributed by atoms with Gasteiger partial charge in [-0.3, -0.25) is 10.1 Å². The van der Waals surface area contributed by atoms with Crippen LogP contribution in [0.3, 0.4) is 0 Å². The Kier molecular flexibility index (Phi) is 4.46. The van der Waals surface area contributed by atoms with Gasteiger partial charge in [0.05, 0.1) is 15.5 Å². The number of halogens is 2. The smallest absolute Gasteiger partial charge is 0.363 e. The molecule has 2 aromatic rings. The van der Waals surface area contributed by atoms with Crippen LogP contribution < -0.4 is 0 Å². The molecule has 120 valence electrons. The summed E-state index contributed by atoms with van der Waals surface area (Å²) in [7, 11) is 0. The summed E-state index contributed by atoms with van der Waals surface area (Å²) in [5.41, 5.74) is 1.06. The van der Waals surface area contributed by atoms with E-state index in [1.54, 1.807) is 6.08 Å². The van der Waals surface area contributed by atoms with Crippen molar-refractivity contribution in [1.82, 2.24) is 0 Å². The number of esters is 1. The first-order valence-corrected chi connectivity index (χ1v) is 7.83. The van der Waals surface area contributed by atoms with E-state index < -0.39 is 10.9 Å². The van der Waals surface area contributed by atoms with Crippen LogP contribution in [0.2, 0.25) is 5.02 Å². The number of carbonyl (C=O) groups is 1. The van der Waals surface area contributed by atoms with Crippen molar-refractivity contribution >= 4 is 51.2 Å². The molecule has 2 aromatic carbocycles. The molecule has 8 heteroatoms. The Morgan fingerprint density at radius 1 is 1.25 bits per heavy atom.